The highest BCUT2D eigenvalue weighted by atomic mass is 16.2. The summed E-state index contributed by atoms with van der Waals surface area (Å²) in [5, 5.41) is 2.72. The highest BCUT2D eigenvalue weighted by Crippen LogP contribution is 2.12. The molecule has 2 rings (SSSR count). The van der Waals surface area contributed by atoms with Crippen molar-refractivity contribution in [1.29, 1.82) is 0 Å². The van der Waals surface area contributed by atoms with Gasteiger partial charge in [0.2, 0.25) is 5.91 Å². The number of rotatable bonds is 4. The van der Waals surface area contributed by atoms with Crippen LogP contribution < -0.4 is 16.7 Å². The Kier molecular flexibility index (Phi) is 3.82. The second-order valence-corrected chi connectivity index (χ2v) is 4.19. The summed E-state index contributed by atoms with van der Waals surface area (Å²) in [5.74, 6) is -0.214. The SMILES string of the molecule is CCC(N)C(=O)Nc1ccc(-n2cc[nH]c2=O)cc1. The van der Waals surface area contributed by atoms with Crippen LogP contribution in [-0.4, -0.2) is 21.5 Å². The molecule has 0 aliphatic carbocycles. The predicted octanol–water partition coefficient (Wildman–Crippen LogP) is 0.841. The molecule has 6 nitrogen and oxygen atoms in total. The van der Waals surface area contributed by atoms with Crippen molar-refractivity contribution in [2.24, 2.45) is 5.73 Å². The van der Waals surface area contributed by atoms with E-state index in [4.69, 9.17) is 5.73 Å². The summed E-state index contributed by atoms with van der Waals surface area (Å²) in [6.07, 6.45) is 3.80. The summed E-state index contributed by atoms with van der Waals surface area (Å²) in [7, 11) is 0. The molecule has 0 saturated heterocycles. The number of hydrogen-bond acceptors (Lipinski definition) is 3. The molecule has 1 aromatic heterocycles. The summed E-state index contributed by atoms with van der Waals surface area (Å²) < 4.78 is 1.48. The smallest absolute Gasteiger partial charge is 0.325 e. The average molecular weight is 260 g/mol. The van der Waals surface area contributed by atoms with Gasteiger partial charge in [0, 0.05) is 18.1 Å². The molecule has 0 bridgehead atoms. The minimum absolute atomic E-state index is 0.204. The maximum Gasteiger partial charge on any atom is 0.330 e. The number of nitrogens with zero attached hydrogens (tertiary/aromatic N) is 1. The van der Waals surface area contributed by atoms with Gasteiger partial charge in [-0.2, -0.15) is 0 Å². The van der Waals surface area contributed by atoms with E-state index in [9.17, 15) is 9.59 Å². The number of anilines is 1. The van der Waals surface area contributed by atoms with E-state index in [1.165, 1.54) is 4.57 Å². The molecule has 0 saturated carbocycles. The van der Waals surface area contributed by atoms with E-state index >= 15 is 0 Å². The van der Waals surface area contributed by atoms with Gasteiger partial charge in [-0.1, -0.05) is 6.92 Å². The van der Waals surface area contributed by atoms with Crippen LogP contribution in [0.25, 0.3) is 5.69 Å². The van der Waals surface area contributed by atoms with Gasteiger partial charge < -0.3 is 16.0 Å². The molecule has 1 unspecified atom stereocenters. The minimum Gasteiger partial charge on any atom is -0.325 e. The van der Waals surface area contributed by atoms with Crippen molar-refractivity contribution >= 4 is 11.6 Å². The van der Waals surface area contributed by atoms with Gasteiger partial charge in [-0.25, -0.2) is 4.79 Å². The van der Waals surface area contributed by atoms with Crippen LogP contribution in [0.4, 0.5) is 5.69 Å². The van der Waals surface area contributed by atoms with Crippen LogP contribution in [0, 0.1) is 0 Å². The summed E-state index contributed by atoms with van der Waals surface area (Å²) in [6, 6.07) is 6.46. The Morgan fingerprint density at radius 1 is 1.42 bits per heavy atom. The van der Waals surface area contributed by atoms with Crippen LogP contribution in [0.5, 0.6) is 0 Å². The standard InChI is InChI=1S/C13H16N4O2/c1-2-11(14)12(18)16-9-3-5-10(6-4-9)17-8-7-15-13(17)19/h3-8,11H,2,14H2,1H3,(H,15,19)(H,16,18). The van der Waals surface area contributed by atoms with Gasteiger partial charge in [0.1, 0.15) is 0 Å². The van der Waals surface area contributed by atoms with Gasteiger partial charge in [-0.15, -0.1) is 0 Å². The molecule has 1 atom stereocenters. The van der Waals surface area contributed by atoms with Gasteiger partial charge in [0.05, 0.1) is 11.7 Å². The molecule has 19 heavy (non-hydrogen) atoms. The van der Waals surface area contributed by atoms with Gasteiger partial charge in [-0.05, 0) is 30.7 Å². The molecule has 100 valence electrons. The first-order valence-corrected chi connectivity index (χ1v) is 6.04. The Bertz CT molecular complexity index is 612. The first kappa shape index (κ1) is 13.1. The highest BCUT2D eigenvalue weighted by molar-refractivity contribution is 5.94. The lowest BCUT2D eigenvalue weighted by atomic mass is 10.2. The van der Waals surface area contributed by atoms with Crippen LogP contribution >= 0.6 is 0 Å². The lowest BCUT2D eigenvalue weighted by molar-refractivity contribution is -0.117. The third-order valence-corrected chi connectivity index (χ3v) is 2.84. The maximum absolute atomic E-state index is 11.6. The Hall–Kier alpha value is -2.34. The molecular weight excluding hydrogens is 244 g/mol. The second-order valence-electron chi connectivity index (χ2n) is 4.19. The van der Waals surface area contributed by atoms with Gasteiger partial charge in [0.25, 0.3) is 0 Å². The normalized spacial score (nSPS) is 12.1. The maximum atomic E-state index is 11.6. The zero-order chi connectivity index (χ0) is 13.8. The zero-order valence-electron chi connectivity index (χ0n) is 10.6. The van der Waals surface area contributed by atoms with E-state index < -0.39 is 6.04 Å². The van der Waals surface area contributed by atoms with E-state index in [1.54, 1.807) is 36.7 Å². The summed E-state index contributed by atoms with van der Waals surface area (Å²) in [5.41, 5.74) is 6.81. The number of carbonyl (C=O) groups excluding carboxylic acids is 1. The van der Waals surface area contributed by atoms with E-state index in [2.05, 4.69) is 10.3 Å². The van der Waals surface area contributed by atoms with Crippen molar-refractivity contribution in [3.63, 3.8) is 0 Å². The van der Waals surface area contributed by atoms with Crippen molar-refractivity contribution in [3.05, 3.63) is 47.1 Å². The number of aromatic nitrogens is 2. The summed E-state index contributed by atoms with van der Waals surface area (Å²) >= 11 is 0. The molecule has 2 aromatic rings. The molecule has 0 spiro atoms. The fourth-order valence-corrected chi connectivity index (χ4v) is 1.65. The van der Waals surface area contributed by atoms with Gasteiger partial charge >= 0.3 is 5.69 Å². The summed E-state index contributed by atoms with van der Waals surface area (Å²) in [6.45, 7) is 1.85. The second kappa shape index (κ2) is 5.53. The third kappa shape index (κ3) is 2.92. The number of nitrogens with one attached hydrogen (secondary N) is 2. The number of carbonyl (C=O) groups is 1. The molecule has 0 fully saturated rings. The fraction of sp³-hybridized carbons (Fsp3) is 0.231. The molecule has 1 amide bonds. The number of imidazole rings is 1. The number of nitrogens with two attached hydrogens (primary N) is 1. The zero-order valence-corrected chi connectivity index (χ0v) is 10.6. The lowest BCUT2D eigenvalue weighted by Gasteiger charge is -2.10. The number of hydrogen-bond donors (Lipinski definition) is 3. The van der Waals surface area contributed by atoms with Crippen molar-refractivity contribution < 1.29 is 4.79 Å². The fourth-order valence-electron chi connectivity index (χ4n) is 1.65. The van der Waals surface area contributed by atoms with Crippen molar-refractivity contribution in [2.45, 2.75) is 19.4 Å². The van der Waals surface area contributed by atoms with E-state index in [0.717, 1.165) is 5.69 Å². The molecule has 1 heterocycles. The monoisotopic (exact) mass is 260 g/mol. The third-order valence-electron chi connectivity index (χ3n) is 2.84. The lowest BCUT2D eigenvalue weighted by Crippen LogP contribution is -2.34. The number of aromatic amines is 1. The molecule has 6 heteroatoms. The van der Waals surface area contributed by atoms with E-state index in [-0.39, 0.29) is 11.6 Å². The van der Waals surface area contributed by atoms with Crippen LogP contribution in [-0.2, 0) is 4.79 Å². The Morgan fingerprint density at radius 2 is 2.11 bits per heavy atom. The first-order valence-electron chi connectivity index (χ1n) is 6.04. The Morgan fingerprint density at radius 3 is 2.63 bits per heavy atom. The number of H-pyrrole nitrogens is 1. The largest absolute Gasteiger partial charge is 0.330 e. The molecule has 1 aromatic carbocycles. The van der Waals surface area contributed by atoms with Crippen LogP contribution in [0.1, 0.15) is 13.3 Å². The van der Waals surface area contributed by atoms with E-state index in [1.807, 2.05) is 6.92 Å². The Labute approximate surface area is 110 Å². The average Bonchev–Trinajstić information content (AvgIpc) is 2.85. The van der Waals surface area contributed by atoms with Crippen molar-refractivity contribution in [2.75, 3.05) is 5.32 Å². The highest BCUT2D eigenvalue weighted by Gasteiger charge is 2.10. The van der Waals surface area contributed by atoms with Crippen LogP contribution in [0.3, 0.4) is 0 Å². The molecule has 4 N–H and O–H groups in total. The topological polar surface area (TPSA) is 92.9 Å². The molecule has 0 aliphatic heterocycles. The number of amides is 1. The van der Waals surface area contributed by atoms with Crippen molar-refractivity contribution in [1.82, 2.24) is 9.55 Å². The van der Waals surface area contributed by atoms with Crippen LogP contribution in [0.2, 0.25) is 0 Å². The Balaban J connectivity index is 2.13. The van der Waals surface area contributed by atoms with Crippen LogP contribution in [0.15, 0.2) is 41.5 Å². The molecular formula is C13H16N4O2. The first-order chi connectivity index (χ1) is 9.11. The number of benzene rings is 1. The van der Waals surface area contributed by atoms with Gasteiger partial charge in [0.15, 0.2) is 0 Å². The quantitative estimate of drug-likeness (QED) is 0.760. The van der Waals surface area contributed by atoms with Gasteiger partial charge in [-0.3, -0.25) is 9.36 Å². The molecule has 0 radical (unpaired) electrons. The van der Waals surface area contributed by atoms with E-state index in [0.29, 0.717) is 12.1 Å². The predicted molar refractivity (Wildman–Crippen MR) is 73.3 cm³/mol. The summed E-state index contributed by atoms with van der Waals surface area (Å²) in [4.78, 5) is 25.6. The van der Waals surface area contributed by atoms with Crippen molar-refractivity contribution in [3.8, 4) is 5.69 Å². The molecule has 0 aliphatic rings. The minimum atomic E-state index is -0.507.